The summed E-state index contributed by atoms with van der Waals surface area (Å²) in [5.74, 6) is -0.0760. The first kappa shape index (κ1) is 15.2. The molecule has 0 spiro atoms. The number of aliphatic hydroxyl groups is 1. The lowest BCUT2D eigenvalue weighted by molar-refractivity contribution is -0.273. The van der Waals surface area contributed by atoms with Crippen molar-refractivity contribution in [2.45, 2.75) is 50.3 Å². The summed E-state index contributed by atoms with van der Waals surface area (Å²) < 4.78 is 40.1. The van der Waals surface area contributed by atoms with Crippen LogP contribution in [-0.2, 0) is 5.60 Å². The fourth-order valence-electron chi connectivity index (χ4n) is 2.97. The Morgan fingerprint density at radius 3 is 2.10 bits per heavy atom. The molecule has 0 saturated heterocycles. The minimum atomic E-state index is -4.68. The molecule has 0 radical (unpaired) electrons. The SMILES string of the molecule is Nc1ccc(C(O)(CC2CCCCC2)C(F)(F)F)cc1. The largest absolute Gasteiger partial charge is 0.421 e. The minimum Gasteiger partial charge on any atom is -0.399 e. The summed E-state index contributed by atoms with van der Waals surface area (Å²) in [5, 5.41) is 10.3. The van der Waals surface area contributed by atoms with E-state index >= 15 is 0 Å². The summed E-state index contributed by atoms with van der Waals surface area (Å²) in [7, 11) is 0. The average Bonchev–Trinajstić information content (AvgIpc) is 2.39. The van der Waals surface area contributed by atoms with Gasteiger partial charge in [-0.15, -0.1) is 0 Å². The van der Waals surface area contributed by atoms with Gasteiger partial charge in [-0.3, -0.25) is 0 Å². The lowest BCUT2D eigenvalue weighted by Gasteiger charge is -2.35. The van der Waals surface area contributed by atoms with Gasteiger partial charge in [0.05, 0.1) is 0 Å². The van der Waals surface area contributed by atoms with Crippen LogP contribution in [0.4, 0.5) is 18.9 Å². The maximum Gasteiger partial charge on any atom is 0.421 e. The second-order valence-corrected chi connectivity index (χ2v) is 5.69. The smallest absolute Gasteiger partial charge is 0.399 e. The summed E-state index contributed by atoms with van der Waals surface area (Å²) in [6.07, 6.45) is -0.467. The van der Waals surface area contributed by atoms with Crippen LogP contribution in [0, 0.1) is 5.92 Å². The highest BCUT2D eigenvalue weighted by molar-refractivity contribution is 5.41. The van der Waals surface area contributed by atoms with Crippen molar-refractivity contribution in [1.29, 1.82) is 0 Å². The molecule has 20 heavy (non-hydrogen) atoms. The number of alkyl halides is 3. The third-order valence-corrected chi connectivity index (χ3v) is 4.17. The summed E-state index contributed by atoms with van der Waals surface area (Å²) in [5.41, 5.74) is 2.99. The molecule has 1 aromatic carbocycles. The lowest BCUT2D eigenvalue weighted by Crippen LogP contribution is -2.44. The first-order valence-corrected chi connectivity index (χ1v) is 6.98. The van der Waals surface area contributed by atoms with Gasteiger partial charge in [0.15, 0.2) is 5.60 Å². The highest BCUT2D eigenvalue weighted by Crippen LogP contribution is 2.45. The topological polar surface area (TPSA) is 46.2 Å². The van der Waals surface area contributed by atoms with E-state index in [1.807, 2.05) is 0 Å². The first-order chi connectivity index (χ1) is 9.33. The number of rotatable bonds is 3. The van der Waals surface area contributed by atoms with Crippen molar-refractivity contribution in [1.82, 2.24) is 0 Å². The van der Waals surface area contributed by atoms with Crippen LogP contribution < -0.4 is 5.73 Å². The van der Waals surface area contributed by atoms with Gasteiger partial charge in [0.2, 0.25) is 0 Å². The Labute approximate surface area is 116 Å². The third kappa shape index (κ3) is 3.08. The molecule has 2 nitrogen and oxygen atoms in total. The van der Waals surface area contributed by atoms with Crippen LogP contribution in [0.25, 0.3) is 0 Å². The number of anilines is 1. The summed E-state index contributed by atoms with van der Waals surface area (Å²) >= 11 is 0. The molecule has 112 valence electrons. The van der Waals surface area contributed by atoms with Crippen molar-refractivity contribution in [3.05, 3.63) is 29.8 Å². The molecule has 0 aromatic heterocycles. The van der Waals surface area contributed by atoms with Crippen LogP contribution in [0.3, 0.4) is 0 Å². The second kappa shape index (κ2) is 5.64. The van der Waals surface area contributed by atoms with Gasteiger partial charge in [-0.05, 0) is 30.0 Å². The molecule has 3 N–H and O–H groups in total. The zero-order valence-electron chi connectivity index (χ0n) is 11.3. The Kier molecular flexibility index (Phi) is 4.28. The Morgan fingerprint density at radius 2 is 1.60 bits per heavy atom. The monoisotopic (exact) mass is 287 g/mol. The molecular weight excluding hydrogens is 267 g/mol. The van der Waals surface area contributed by atoms with Gasteiger partial charge in [-0.1, -0.05) is 44.2 Å². The molecule has 1 atom stereocenters. The van der Waals surface area contributed by atoms with E-state index in [2.05, 4.69) is 0 Å². The Bertz CT molecular complexity index is 437. The van der Waals surface area contributed by atoms with Crippen LogP contribution >= 0.6 is 0 Å². The molecule has 0 bridgehead atoms. The van der Waals surface area contributed by atoms with Crippen LogP contribution in [0.15, 0.2) is 24.3 Å². The lowest BCUT2D eigenvalue weighted by atomic mass is 9.77. The van der Waals surface area contributed by atoms with E-state index in [0.29, 0.717) is 5.69 Å². The summed E-state index contributed by atoms with van der Waals surface area (Å²) in [6.45, 7) is 0. The maximum atomic E-state index is 13.4. The Hall–Kier alpha value is -1.23. The van der Waals surface area contributed by atoms with Crippen molar-refractivity contribution in [3.63, 3.8) is 0 Å². The minimum absolute atomic E-state index is 0.0760. The number of nitrogen functional groups attached to an aromatic ring is 1. The molecule has 1 aliphatic carbocycles. The molecule has 0 heterocycles. The van der Waals surface area contributed by atoms with Gasteiger partial charge in [0.1, 0.15) is 0 Å². The number of halogens is 3. The van der Waals surface area contributed by atoms with Crippen LogP contribution in [0.2, 0.25) is 0 Å². The van der Waals surface area contributed by atoms with Crippen molar-refractivity contribution >= 4 is 5.69 Å². The molecule has 0 aliphatic heterocycles. The van der Waals surface area contributed by atoms with Crippen LogP contribution in [0.5, 0.6) is 0 Å². The predicted molar refractivity (Wildman–Crippen MR) is 72.0 cm³/mol. The normalized spacial score (nSPS) is 20.6. The molecule has 1 aliphatic rings. The van der Waals surface area contributed by atoms with Gasteiger partial charge in [-0.25, -0.2) is 0 Å². The predicted octanol–water partition coefficient (Wildman–Crippen LogP) is 3.99. The second-order valence-electron chi connectivity index (χ2n) is 5.69. The first-order valence-electron chi connectivity index (χ1n) is 6.98. The average molecular weight is 287 g/mol. The van der Waals surface area contributed by atoms with Crippen molar-refractivity contribution < 1.29 is 18.3 Å². The summed E-state index contributed by atoms with van der Waals surface area (Å²) in [6, 6.07) is 5.33. The molecule has 1 unspecified atom stereocenters. The standard InChI is InChI=1S/C15H20F3NO/c16-15(17,18)14(20,10-11-4-2-1-3-5-11)12-6-8-13(19)9-7-12/h6-9,11,20H,1-5,10,19H2. The number of hydrogen-bond donors (Lipinski definition) is 2. The number of nitrogens with two attached hydrogens (primary N) is 1. The molecule has 1 fully saturated rings. The van der Waals surface area contributed by atoms with E-state index in [4.69, 9.17) is 5.73 Å². The zero-order valence-corrected chi connectivity index (χ0v) is 11.3. The zero-order chi connectivity index (χ0) is 14.8. The van der Waals surface area contributed by atoms with E-state index in [0.717, 1.165) is 32.1 Å². The van der Waals surface area contributed by atoms with Crippen LogP contribution in [0.1, 0.15) is 44.1 Å². The fourth-order valence-corrected chi connectivity index (χ4v) is 2.97. The van der Waals surface area contributed by atoms with E-state index in [1.54, 1.807) is 0 Å². The highest BCUT2D eigenvalue weighted by Gasteiger charge is 2.55. The van der Waals surface area contributed by atoms with Crippen molar-refractivity contribution in [2.75, 3.05) is 5.73 Å². The van der Waals surface area contributed by atoms with Crippen LogP contribution in [-0.4, -0.2) is 11.3 Å². The highest BCUT2D eigenvalue weighted by atomic mass is 19.4. The van der Waals surface area contributed by atoms with Gasteiger partial charge in [0.25, 0.3) is 0 Å². The van der Waals surface area contributed by atoms with Gasteiger partial charge in [-0.2, -0.15) is 13.2 Å². The Morgan fingerprint density at radius 1 is 1.05 bits per heavy atom. The molecular formula is C15H20F3NO. The fraction of sp³-hybridized carbons (Fsp3) is 0.600. The quantitative estimate of drug-likeness (QED) is 0.826. The van der Waals surface area contributed by atoms with Gasteiger partial charge >= 0.3 is 6.18 Å². The van der Waals surface area contributed by atoms with E-state index in [-0.39, 0.29) is 17.9 Å². The molecule has 5 heteroatoms. The van der Waals surface area contributed by atoms with Gasteiger partial charge < -0.3 is 10.8 Å². The van der Waals surface area contributed by atoms with E-state index < -0.39 is 11.8 Å². The summed E-state index contributed by atoms with van der Waals surface area (Å²) in [4.78, 5) is 0. The number of hydrogen-bond acceptors (Lipinski definition) is 2. The van der Waals surface area contributed by atoms with E-state index in [9.17, 15) is 18.3 Å². The molecule has 0 amide bonds. The molecule has 2 rings (SSSR count). The number of benzene rings is 1. The van der Waals surface area contributed by atoms with Crippen molar-refractivity contribution in [3.8, 4) is 0 Å². The van der Waals surface area contributed by atoms with Crippen molar-refractivity contribution in [2.24, 2.45) is 5.92 Å². The maximum absolute atomic E-state index is 13.4. The van der Waals surface area contributed by atoms with Gasteiger partial charge in [0, 0.05) is 5.69 Å². The van der Waals surface area contributed by atoms with E-state index in [1.165, 1.54) is 24.3 Å². The Balaban J connectivity index is 2.27. The third-order valence-electron chi connectivity index (χ3n) is 4.17. The molecule has 1 aromatic rings. The molecule has 1 saturated carbocycles.